The molecule has 0 saturated carbocycles. The van der Waals surface area contributed by atoms with Gasteiger partial charge in [-0.3, -0.25) is 9.59 Å². The van der Waals surface area contributed by atoms with Crippen molar-refractivity contribution in [2.75, 3.05) is 20.2 Å². The molecule has 0 heterocycles. The zero-order valence-electron chi connectivity index (χ0n) is 11.7. The van der Waals surface area contributed by atoms with Crippen LogP contribution in [0.5, 0.6) is 0 Å². The Bertz CT molecular complexity index is 338. The molecule has 19 heavy (non-hydrogen) atoms. The first kappa shape index (κ1) is 17.2. The van der Waals surface area contributed by atoms with Gasteiger partial charge in [-0.1, -0.05) is 13.8 Å². The van der Waals surface area contributed by atoms with E-state index in [0.717, 1.165) is 25.0 Å². The van der Waals surface area contributed by atoms with Crippen molar-refractivity contribution in [2.24, 2.45) is 5.92 Å². The predicted octanol–water partition coefficient (Wildman–Crippen LogP) is 0.384. The van der Waals surface area contributed by atoms with Crippen LogP contribution in [0.15, 0.2) is 12.2 Å². The number of hydrogen-bond donors (Lipinski definition) is 2. The van der Waals surface area contributed by atoms with Crippen LogP contribution in [0.25, 0.3) is 0 Å². The van der Waals surface area contributed by atoms with E-state index in [2.05, 4.69) is 15.4 Å². The maximum Gasteiger partial charge on any atom is 0.330 e. The van der Waals surface area contributed by atoms with Crippen molar-refractivity contribution in [3.63, 3.8) is 0 Å². The fourth-order valence-electron chi connectivity index (χ4n) is 1.15. The van der Waals surface area contributed by atoms with Gasteiger partial charge in [0.05, 0.1) is 7.11 Å². The summed E-state index contributed by atoms with van der Waals surface area (Å²) in [6.45, 7) is 4.78. The zero-order valence-corrected chi connectivity index (χ0v) is 11.7. The summed E-state index contributed by atoms with van der Waals surface area (Å²) in [6.07, 6.45) is 3.75. The highest BCUT2D eigenvalue weighted by Crippen LogP contribution is 1.91. The van der Waals surface area contributed by atoms with Crippen molar-refractivity contribution >= 4 is 17.8 Å². The minimum absolute atomic E-state index is 0.0110. The standard InChI is InChI=1S/C13H22N2O4/c1-10(2)13(18)15-9-5-4-8-14-11(16)6-7-12(17)19-3/h6-7,10H,4-5,8-9H2,1-3H3,(H,14,16)(H,15,18)/b7-6+. The molecular weight excluding hydrogens is 248 g/mol. The number of methoxy groups -OCH3 is 1. The van der Waals surface area contributed by atoms with Crippen LogP contribution < -0.4 is 10.6 Å². The van der Waals surface area contributed by atoms with Gasteiger partial charge in [-0.05, 0) is 12.8 Å². The predicted molar refractivity (Wildman–Crippen MR) is 71.2 cm³/mol. The summed E-state index contributed by atoms with van der Waals surface area (Å²) in [7, 11) is 1.25. The van der Waals surface area contributed by atoms with Crippen LogP contribution in [-0.4, -0.2) is 38.0 Å². The normalized spacial score (nSPS) is 10.5. The van der Waals surface area contributed by atoms with E-state index in [-0.39, 0.29) is 17.7 Å². The topological polar surface area (TPSA) is 84.5 Å². The maximum atomic E-state index is 11.2. The lowest BCUT2D eigenvalue weighted by Crippen LogP contribution is -2.29. The van der Waals surface area contributed by atoms with Crippen molar-refractivity contribution in [2.45, 2.75) is 26.7 Å². The Hall–Kier alpha value is -1.85. The molecule has 0 fully saturated rings. The Morgan fingerprint density at radius 1 is 1.05 bits per heavy atom. The first-order valence-electron chi connectivity index (χ1n) is 6.29. The summed E-state index contributed by atoms with van der Waals surface area (Å²) in [5.74, 6) is -0.878. The number of nitrogens with one attached hydrogen (secondary N) is 2. The fraction of sp³-hybridized carbons (Fsp3) is 0.615. The fourth-order valence-corrected chi connectivity index (χ4v) is 1.15. The molecule has 6 heteroatoms. The second kappa shape index (κ2) is 10.1. The number of unbranched alkanes of at least 4 members (excludes halogenated alkanes) is 1. The third-order valence-electron chi connectivity index (χ3n) is 2.30. The molecule has 0 spiro atoms. The molecule has 2 amide bonds. The average Bonchev–Trinajstić information content (AvgIpc) is 2.39. The van der Waals surface area contributed by atoms with Crippen molar-refractivity contribution < 1.29 is 19.1 Å². The Kier molecular flexibility index (Phi) is 9.12. The van der Waals surface area contributed by atoms with E-state index in [1.54, 1.807) is 0 Å². The van der Waals surface area contributed by atoms with Crippen LogP contribution in [0, 0.1) is 5.92 Å². The van der Waals surface area contributed by atoms with Crippen molar-refractivity contribution in [1.82, 2.24) is 10.6 Å². The summed E-state index contributed by atoms with van der Waals surface area (Å²) in [5.41, 5.74) is 0. The molecular formula is C13H22N2O4. The van der Waals surface area contributed by atoms with Crippen LogP contribution in [-0.2, 0) is 19.1 Å². The number of amides is 2. The van der Waals surface area contributed by atoms with Gasteiger partial charge >= 0.3 is 5.97 Å². The molecule has 6 nitrogen and oxygen atoms in total. The monoisotopic (exact) mass is 270 g/mol. The first-order chi connectivity index (χ1) is 8.97. The molecule has 0 aliphatic carbocycles. The number of hydrogen-bond acceptors (Lipinski definition) is 4. The van der Waals surface area contributed by atoms with Crippen LogP contribution >= 0.6 is 0 Å². The minimum Gasteiger partial charge on any atom is -0.466 e. The molecule has 0 atom stereocenters. The van der Waals surface area contributed by atoms with Gasteiger partial charge in [-0.25, -0.2) is 4.79 Å². The molecule has 0 aliphatic heterocycles. The number of esters is 1. The van der Waals surface area contributed by atoms with Crippen molar-refractivity contribution in [3.8, 4) is 0 Å². The van der Waals surface area contributed by atoms with Gasteiger partial charge in [0, 0.05) is 31.2 Å². The molecule has 0 rings (SSSR count). The third kappa shape index (κ3) is 9.82. The van der Waals surface area contributed by atoms with Gasteiger partial charge in [-0.15, -0.1) is 0 Å². The molecule has 0 bridgehead atoms. The Balaban J connectivity index is 3.54. The van der Waals surface area contributed by atoms with E-state index in [4.69, 9.17) is 0 Å². The van der Waals surface area contributed by atoms with E-state index in [1.165, 1.54) is 7.11 Å². The second-order valence-electron chi connectivity index (χ2n) is 4.30. The second-order valence-corrected chi connectivity index (χ2v) is 4.30. The molecule has 0 aromatic carbocycles. The average molecular weight is 270 g/mol. The minimum atomic E-state index is -0.563. The van der Waals surface area contributed by atoms with Gasteiger partial charge in [0.1, 0.15) is 0 Å². The summed E-state index contributed by atoms with van der Waals surface area (Å²) in [6, 6.07) is 0. The Morgan fingerprint density at radius 3 is 2.16 bits per heavy atom. The summed E-state index contributed by atoms with van der Waals surface area (Å²) < 4.78 is 4.35. The van der Waals surface area contributed by atoms with Gasteiger partial charge in [0.25, 0.3) is 0 Å². The highest BCUT2D eigenvalue weighted by molar-refractivity contribution is 5.94. The lowest BCUT2D eigenvalue weighted by atomic mass is 10.2. The lowest BCUT2D eigenvalue weighted by molar-refractivity contribution is -0.135. The van der Waals surface area contributed by atoms with Crippen molar-refractivity contribution in [3.05, 3.63) is 12.2 Å². The molecule has 2 N–H and O–H groups in total. The summed E-state index contributed by atoms with van der Waals surface area (Å²) in [5, 5.41) is 5.42. The van der Waals surface area contributed by atoms with E-state index < -0.39 is 5.97 Å². The van der Waals surface area contributed by atoms with Crippen LogP contribution in [0.2, 0.25) is 0 Å². The van der Waals surface area contributed by atoms with Gasteiger partial charge in [0.15, 0.2) is 0 Å². The molecule has 0 unspecified atom stereocenters. The maximum absolute atomic E-state index is 11.2. The smallest absolute Gasteiger partial charge is 0.330 e. The van der Waals surface area contributed by atoms with Gasteiger partial charge in [-0.2, -0.15) is 0 Å². The van der Waals surface area contributed by atoms with E-state index in [0.29, 0.717) is 13.1 Å². The van der Waals surface area contributed by atoms with Crippen LogP contribution in [0.4, 0.5) is 0 Å². The lowest BCUT2D eigenvalue weighted by Gasteiger charge is -2.07. The summed E-state index contributed by atoms with van der Waals surface area (Å²) in [4.78, 5) is 33.2. The Labute approximate surface area is 113 Å². The van der Waals surface area contributed by atoms with E-state index in [9.17, 15) is 14.4 Å². The van der Waals surface area contributed by atoms with E-state index >= 15 is 0 Å². The number of rotatable bonds is 8. The molecule has 108 valence electrons. The first-order valence-corrected chi connectivity index (χ1v) is 6.29. The Morgan fingerprint density at radius 2 is 1.63 bits per heavy atom. The highest BCUT2D eigenvalue weighted by Gasteiger charge is 2.04. The molecule has 0 aliphatic rings. The van der Waals surface area contributed by atoms with Crippen LogP contribution in [0.3, 0.4) is 0 Å². The number of ether oxygens (including phenoxy) is 1. The van der Waals surface area contributed by atoms with Crippen molar-refractivity contribution in [1.29, 1.82) is 0 Å². The zero-order chi connectivity index (χ0) is 14.7. The largest absolute Gasteiger partial charge is 0.466 e. The number of carbonyl (C=O) groups excluding carboxylic acids is 3. The third-order valence-corrected chi connectivity index (χ3v) is 2.30. The summed E-state index contributed by atoms with van der Waals surface area (Å²) >= 11 is 0. The van der Waals surface area contributed by atoms with Gasteiger partial charge in [0.2, 0.25) is 11.8 Å². The van der Waals surface area contributed by atoms with Crippen LogP contribution in [0.1, 0.15) is 26.7 Å². The molecule has 0 aromatic rings. The number of carbonyl (C=O) groups is 3. The molecule has 0 saturated heterocycles. The molecule has 0 radical (unpaired) electrons. The quantitative estimate of drug-likeness (QED) is 0.379. The highest BCUT2D eigenvalue weighted by atomic mass is 16.5. The van der Waals surface area contributed by atoms with Gasteiger partial charge < -0.3 is 15.4 Å². The van der Waals surface area contributed by atoms with E-state index in [1.807, 2.05) is 13.8 Å². The molecule has 0 aromatic heterocycles. The SMILES string of the molecule is COC(=O)/C=C/C(=O)NCCCCNC(=O)C(C)C.